The third-order valence-corrected chi connectivity index (χ3v) is 4.52. The highest BCUT2D eigenvalue weighted by Gasteiger charge is 2.13. The van der Waals surface area contributed by atoms with Crippen molar-refractivity contribution in [1.29, 1.82) is 0 Å². The second-order valence-corrected chi connectivity index (χ2v) is 7.27. The van der Waals surface area contributed by atoms with Gasteiger partial charge in [0.25, 0.3) is 5.91 Å². The van der Waals surface area contributed by atoms with Gasteiger partial charge in [-0.2, -0.15) is 8.78 Å². The van der Waals surface area contributed by atoms with Crippen LogP contribution in [0.2, 0.25) is 0 Å². The first kappa shape index (κ1) is 24.2. The molecule has 6 nitrogen and oxygen atoms in total. The molecule has 1 N–H and O–H groups in total. The maximum atomic E-state index is 12.6. The lowest BCUT2D eigenvalue weighted by atomic mass is 10.1. The van der Waals surface area contributed by atoms with Crippen LogP contribution in [0.4, 0.5) is 8.78 Å². The summed E-state index contributed by atoms with van der Waals surface area (Å²) < 4.78 is 45.7. The highest BCUT2D eigenvalue weighted by molar-refractivity contribution is 5.94. The highest BCUT2D eigenvalue weighted by atomic mass is 19.3. The van der Waals surface area contributed by atoms with Crippen LogP contribution in [0.3, 0.4) is 0 Å². The highest BCUT2D eigenvalue weighted by Crippen LogP contribution is 2.30. The Morgan fingerprint density at radius 1 is 0.968 bits per heavy atom. The molecule has 2 aromatic rings. The van der Waals surface area contributed by atoms with Gasteiger partial charge in [-0.25, -0.2) is 0 Å². The molecule has 8 heteroatoms. The van der Waals surface area contributed by atoms with Crippen LogP contribution in [-0.4, -0.2) is 39.9 Å². The molecule has 31 heavy (non-hydrogen) atoms. The number of rotatable bonds is 12. The number of benzene rings is 2. The maximum Gasteiger partial charge on any atom is 0.387 e. The van der Waals surface area contributed by atoms with Crippen LogP contribution in [0.5, 0.6) is 23.0 Å². The number of amides is 1. The second-order valence-electron chi connectivity index (χ2n) is 7.27. The molecule has 0 atom stereocenters. The largest absolute Gasteiger partial charge is 0.493 e. The van der Waals surface area contributed by atoms with E-state index in [0.29, 0.717) is 42.6 Å². The minimum absolute atomic E-state index is 0.0425. The van der Waals surface area contributed by atoms with Crippen LogP contribution in [0.25, 0.3) is 0 Å². The fourth-order valence-electron chi connectivity index (χ4n) is 2.82. The van der Waals surface area contributed by atoms with E-state index in [2.05, 4.69) is 23.9 Å². The molecule has 170 valence electrons. The molecular formula is C23H29F2NO5. The Morgan fingerprint density at radius 2 is 1.68 bits per heavy atom. The fourth-order valence-corrected chi connectivity index (χ4v) is 2.82. The lowest BCUT2D eigenvalue weighted by Crippen LogP contribution is -2.25. The summed E-state index contributed by atoms with van der Waals surface area (Å²) in [5, 5.41) is 2.81. The van der Waals surface area contributed by atoms with Gasteiger partial charge in [-0.05, 0) is 54.7 Å². The van der Waals surface area contributed by atoms with Crippen molar-refractivity contribution in [2.75, 3.05) is 27.4 Å². The van der Waals surface area contributed by atoms with E-state index >= 15 is 0 Å². The van der Waals surface area contributed by atoms with Gasteiger partial charge >= 0.3 is 6.61 Å². The summed E-state index contributed by atoms with van der Waals surface area (Å²) in [6.07, 6.45) is 1.35. The molecule has 0 radical (unpaired) electrons. The Hall–Kier alpha value is -3.03. The molecule has 0 unspecified atom stereocenters. The van der Waals surface area contributed by atoms with E-state index in [0.717, 1.165) is 12.0 Å². The van der Waals surface area contributed by atoms with E-state index in [1.54, 1.807) is 30.3 Å². The smallest absolute Gasteiger partial charge is 0.387 e. The first-order valence-electron chi connectivity index (χ1n) is 10.0. The average Bonchev–Trinajstić information content (AvgIpc) is 2.73. The molecule has 0 heterocycles. The average molecular weight is 437 g/mol. The van der Waals surface area contributed by atoms with E-state index in [9.17, 15) is 13.6 Å². The summed E-state index contributed by atoms with van der Waals surface area (Å²) >= 11 is 0. The van der Waals surface area contributed by atoms with Gasteiger partial charge in [-0.15, -0.1) is 0 Å². The van der Waals surface area contributed by atoms with Gasteiger partial charge in [0.2, 0.25) is 0 Å². The molecule has 0 aliphatic heterocycles. The number of nitrogens with one attached hydrogen (secondary N) is 1. The molecule has 0 aliphatic rings. The molecule has 2 rings (SSSR count). The van der Waals surface area contributed by atoms with Gasteiger partial charge in [0, 0.05) is 12.1 Å². The van der Waals surface area contributed by atoms with Crippen LogP contribution in [0, 0.1) is 5.92 Å². The zero-order valence-electron chi connectivity index (χ0n) is 18.2. The van der Waals surface area contributed by atoms with Gasteiger partial charge in [0.1, 0.15) is 0 Å². The van der Waals surface area contributed by atoms with E-state index < -0.39 is 6.61 Å². The summed E-state index contributed by atoms with van der Waals surface area (Å²) in [4.78, 5) is 12.5. The number of hydrogen-bond acceptors (Lipinski definition) is 5. The summed E-state index contributed by atoms with van der Waals surface area (Å²) in [5.74, 6) is 1.50. The van der Waals surface area contributed by atoms with Gasteiger partial charge in [0.05, 0.1) is 20.8 Å². The maximum absolute atomic E-state index is 12.6. The molecule has 0 saturated heterocycles. The fraction of sp³-hybridized carbons (Fsp3) is 0.435. The molecule has 0 aliphatic carbocycles. The van der Waals surface area contributed by atoms with Gasteiger partial charge in [-0.3, -0.25) is 4.79 Å². The van der Waals surface area contributed by atoms with Gasteiger partial charge < -0.3 is 24.3 Å². The zero-order chi connectivity index (χ0) is 22.8. The SMILES string of the molecule is COc1cc(C(=O)NCCc2ccc(OC)c(OC(F)F)c2)ccc1OCCC(C)C. The van der Waals surface area contributed by atoms with Crippen LogP contribution < -0.4 is 24.3 Å². The number of methoxy groups -OCH3 is 2. The minimum atomic E-state index is -2.95. The van der Waals surface area contributed by atoms with Crippen molar-refractivity contribution in [2.24, 2.45) is 5.92 Å². The molecule has 0 fully saturated rings. The van der Waals surface area contributed by atoms with E-state index in [4.69, 9.17) is 14.2 Å². The predicted molar refractivity (Wildman–Crippen MR) is 114 cm³/mol. The second kappa shape index (κ2) is 12.0. The Morgan fingerprint density at radius 3 is 2.32 bits per heavy atom. The number of hydrogen-bond donors (Lipinski definition) is 1. The third kappa shape index (κ3) is 7.62. The monoisotopic (exact) mass is 437 g/mol. The Bertz CT molecular complexity index is 858. The predicted octanol–water partition coefficient (Wildman–Crippen LogP) is 4.70. The first-order chi connectivity index (χ1) is 14.8. The number of carbonyl (C=O) groups is 1. The van der Waals surface area contributed by atoms with Crippen molar-refractivity contribution in [3.8, 4) is 23.0 Å². The van der Waals surface area contributed by atoms with E-state index in [1.807, 2.05) is 0 Å². The molecule has 0 aromatic heterocycles. The van der Waals surface area contributed by atoms with Crippen molar-refractivity contribution in [3.05, 3.63) is 47.5 Å². The normalized spacial score (nSPS) is 10.8. The third-order valence-electron chi connectivity index (χ3n) is 4.52. The van der Waals surface area contributed by atoms with Crippen LogP contribution in [-0.2, 0) is 6.42 Å². The molecule has 1 amide bonds. The Labute approximate surface area is 181 Å². The van der Waals surface area contributed by atoms with Crippen LogP contribution in [0.1, 0.15) is 36.2 Å². The summed E-state index contributed by atoms with van der Waals surface area (Å²) in [6, 6.07) is 9.77. The number of halogens is 2. The van der Waals surface area contributed by atoms with Crippen molar-refractivity contribution in [3.63, 3.8) is 0 Å². The van der Waals surface area contributed by atoms with Gasteiger partial charge in [0.15, 0.2) is 23.0 Å². The van der Waals surface area contributed by atoms with Crippen molar-refractivity contribution < 1.29 is 32.5 Å². The van der Waals surface area contributed by atoms with Gasteiger partial charge in [-0.1, -0.05) is 19.9 Å². The van der Waals surface area contributed by atoms with Crippen LogP contribution in [0.15, 0.2) is 36.4 Å². The molecule has 0 spiro atoms. The van der Waals surface area contributed by atoms with E-state index in [-0.39, 0.29) is 17.4 Å². The summed E-state index contributed by atoms with van der Waals surface area (Å²) in [7, 11) is 2.90. The minimum Gasteiger partial charge on any atom is -0.493 e. The Balaban J connectivity index is 1.95. The zero-order valence-corrected chi connectivity index (χ0v) is 18.2. The van der Waals surface area contributed by atoms with Crippen LogP contribution >= 0.6 is 0 Å². The molecule has 0 bridgehead atoms. The number of ether oxygens (including phenoxy) is 4. The van der Waals surface area contributed by atoms with Crippen molar-refractivity contribution in [1.82, 2.24) is 5.32 Å². The van der Waals surface area contributed by atoms with Crippen molar-refractivity contribution >= 4 is 5.91 Å². The topological polar surface area (TPSA) is 66.0 Å². The number of carbonyl (C=O) groups excluding carboxylic acids is 1. The quantitative estimate of drug-likeness (QED) is 0.521. The summed E-state index contributed by atoms with van der Waals surface area (Å²) in [5.41, 5.74) is 1.16. The lowest BCUT2D eigenvalue weighted by molar-refractivity contribution is -0.0512. The lowest BCUT2D eigenvalue weighted by Gasteiger charge is -2.13. The Kier molecular flexibility index (Phi) is 9.37. The van der Waals surface area contributed by atoms with E-state index in [1.165, 1.54) is 20.3 Å². The molecule has 2 aromatic carbocycles. The number of alkyl halides is 2. The standard InChI is InChI=1S/C23H29F2NO5/c1-15(2)10-12-30-19-8-6-17(14-20(19)29-4)22(27)26-11-9-16-5-7-18(28-3)21(13-16)31-23(24)25/h5-8,13-15,23H,9-12H2,1-4H3,(H,26,27). The first-order valence-corrected chi connectivity index (χ1v) is 10.0. The molecular weight excluding hydrogens is 408 g/mol. The van der Waals surface area contributed by atoms with Crippen molar-refractivity contribution in [2.45, 2.75) is 33.3 Å². The molecule has 0 saturated carbocycles. The summed E-state index contributed by atoms with van der Waals surface area (Å²) in [6.45, 7) is 2.17.